The summed E-state index contributed by atoms with van der Waals surface area (Å²) in [4.78, 5) is 12.5. The van der Waals surface area contributed by atoms with Gasteiger partial charge >= 0.3 is 0 Å². The molecule has 3 heterocycles. The predicted octanol–water partition coefficient (Wildman–Crippen LogP) is 2.09. The van der Waals surface area contributed by atoms with Crippen LogP contribution in [0.1, 0.15) is 23.2 Å². The molecule has 0 saturated carbocycles. The second-order valence-electron chi connectivity index (χ2n) is 5.87. The number of carbonyl (C=O) groups excluding carboxylic acids is 1. The molecule has 1 aromatic carbocycles. The topological polar surface area (TPSA) is 74.6 Å². The second kappa shape index (κ2) is 6.52. The van der Waals surface area contributed by atoms with Crippen molar-refractivity contribution in [3.8, 4) is 11.5 Å². The summed E-state index contributed by atoms with van der Waals surface area (Å²) in [6.07, 6.45) is 5.80. The second-order valence-corrected chi connectivity index (χ2v) is 5.87. The highest BCUT2D eigenvalue weighted by atomic mass is 16.6. The molecule has 0 aliphatic carbocycles. The number of benzene rings is 1. The summed E-state index contributed by atoms with van der Waals surface area (Å²) in [6, 6.07) is 5.30. The van der Waals surface area contributed by atoms with Crippen LogP contribution in [0.15, 0.2) is 30.6 Å². The minimum absolute atomic E-state index is 0.208. The monoisotopic (exact) mass is 329 g/mol. The highest BCUT2D eigenvalue weighted by Crippen LogP contribution is 2.33. The van der Waals surface area contributed by atoms with Gasteiger partial charge in [-0.05, 0) is 25.0 Å². The molecule has 0 unspecified atom stereocenters. The highest BCUT2D eigenvalue weighted by Gasteiger charge is 2.21. The van der Waals surface area contributed by atoms with Gasteiger partial charge in [0.1, 0.15) is 13.2 Å². The Hall–Kier alpha value is -2.54. The molecule has 1 fully saturated rings. The third-order valence-electron chi connectivity index (χ3n) is 4.12. The molecule has 4 rings (SSSR count). The molecule has 7 heteroatoms. The van der Waals surface area contributed by atoms with Gasteiger partial charge in [-0.1, -0.05) is 6.07 Å². The lowest BCUT2D eigenvalue weighted by atomic mass is 10.1. The lowest BCUT2D eigenvalue weighted by molar-refractivity contribution is 0.0940. The van der Waals surface area contributed by atoms with Crippen LogP contribution in [0.3, 0.4) is 0 Å². The maximum Gasteiger partial charge on any atom is 0.259 e. The van der Waals surface area contributed by atoms with Crippen molar-refractivity contribution in [2.24, 2.45) is 0 Å². The van der Waals surface area contributed by atoms with Crippen LogP contribution >= 0.6 is 0 Å². The van der Waals surface area contributed by atoms with Crippen LogP contribution in [-0.4, -0.2) is 41.6 Å². The average molecular weight is 329 g/mol. The van der Waals surface area contributed by atoms with E-state index in [1.165, 1.54) is 0 Å². The fourth-order valence-electron chi connectivity index (χ4n) is 2.98. The Labute approximate surface area is 139 Å². The van der Waals surface area contributed by atoms with Crippen LogP contribution in [0, 0.1) is 0 Å². The van der Waals surface area contributed by atoms with E-state index >= 15 is 0 Å². The number of fused-ring (bicyclic) bond motifs is 1. The van der Waals surface area contributed by atoms with Gasteiger partial charge in [-0.25, -0.2) is 0 Å². The smallest absolute Gasteiger partial charge is 0.259 e. The largest absolute Gasteiger partial charge is 0.486 e. The van der Waals surface area contributed by atoms with E-state index in [9.17, 15) is 4.79 Å². The number of carbonyl (C=O) groups is 1. The Bertz CT molecular complexity index is 737. The lowest BCUT2D eigenvalue weighted by Gasteiger charge is -2.20. The van der Waals surface area contributed by atoms with Gasteiger partial charge < -0.3 is 19.5 Å². The minimum atomic E-state index is -0.242. The minimum Gasteiger partial charge on any atom is -0.486 e. The number of rotatable bonds is 4. The third kappa shape index (κ3) is 3.07. The Balaban J connectivity index is 1.45. The summed E-state index contributed by atoms with van der Waals surface area (Å²) in [5.74, 6) is 0.852. The summed E-state index contributed by atoms with van der Waals surface area (Å²) in [5, 5.41) is 7.13. The first-order valence-electron chi connectivity index (χ1n) is 8.13. The normalized spacial score (nSPS) is 19.2. The maximum atomic E-state index is 12.5. The molecule has 2 aliphatic heterocycles. The van der Waals surface area contributed by atoms with Crippen LogP contribution in [-0.2, 0) is 11.3 Å². The van der Waals surface area contributed by atoms with Crippen molar-refractivity contribution in [1.82, 2.24) is 9.78 Å². The van der Waals surface area contributed by atoms with E-state index in [0.717, 1.165) is 19.4 Å². The van der Waals surface area contributed by atoms with Gasteiger partial charge in [0.2, 0.25) is 0 Å². The molecule has 1 saturated heterocycles. The van der Waals surface area contributed by atoms with E-state index < -0.39 is 0 Å². The molecule has 2 aliphatic rings. The number of aromatic nitrogens is 2. The number of anilines is 1. The summed E-state index contributed by atoms with van der Waals surface area (Å²) in [7, 11) is 0. The number of hydrogen-bond acceptors (Lipinski definition) is 5. The summed E-state index contributed by atoms with van der Waals surface area (Å²) in [6.45, 7) is 2.45. The first-order chi connectivity index (χ1) is 11.8. The zero-order chi connectivity index (χ0) is 16.4. The van der Waals surface area contributed by atoms with E-state index in [2.05, 4.69) is 10.4 Å². The highest BCUT2D eigenvalue weighted by molar-refractivity contribution is 6.06. The van der Waals surface area contributed by atoms with Gasteiger partial charge in [0.05, 0.1) is 30.1 Å². The zero-order valence-electron chi connectivity index (χ0n) is 13.2. The van der Waals surface area contributed by atoms with Crippen molar-refractivity contribution >= 4 is 11.6 Å². The molecule has 1 atom stereocenters. The molecule has 2 aromatic rings. The van der Waals surface area contributed by atoms with E-state index in [1.807, 2.05) is 6.20 Å². The summed E-state index contributed by atoms with van der Waals surface area (Å²) in [5.41, 5.74) is 1.10. The molecular formula is C17H19N3O4. The fourth-order valence-corrected chi connectivity index (χ4v) is 2.98. The average Bonchev–Trinajstić information content (AvgIpc) is 3.27. The van der Waals surface area contributed by atoms with Crippen molar-refractivity contribution in [2.75, 3.05) is 25.1 Å². The molecule has 7 nitrogen and oxygen atoms in total. The van der Waals surface area contributed by atoms with Crippen LogP contribution in [0.5, 0.6) is 11.5 Å². The van der Waals surface area contributed by atoms with Gasteiger partial charge in [0.15, 0.2) is 11.5 Å². The Kier molecular flexibility index (Phi) is 4.08. The fraction of sp³-hybridized carbons (Fsp3) is 0.412. The van der Waals surface area contributed by atoms with E-state index in [0.29, 0.717) is 42.5 Å². The van der Waals surface area contributed by atoms with Crippen molar-refractivity contribution < 1.29 is 19.0 Å². The summed E-state index contributed by atoms with van der Waals surface area (Å²) < 4.78 is 18.5. The van der Waals surface area contributed by atoms with Gasteiger partial charge in [0, 0.05) is 12.8 Å². The van der Waals surface area contributed by atoms with Crippen molar-refractivity contribution in [1.29, 1.82) is 0 Å². The SMILES string of the molecule is O=C(Nc1cnn(C[C@@H]2CCCO2)c1)c1cccc2c1OCCO2. The number of nitrogens with one attached hydrogen (secondary N) is 1. The number of amides is 1. The zero-order valence-corrected chi connectivity index (χ0v) is 13.2. The molecular weight excluding hydrogens is 310 g/mol. The molecule has 1 N–H and O–H groups in total. The van der Waals surface area contributed by atoms with Crippen molar-refractivity contribution in [3.63, 3.8) is 0 Å². The standard InChI is InChI=1S/C17H19N3O4/c21-17(14-4-1-5-15-16(14)24-8-7-23-15)19-12-9-18-20(10-12)11-13-3-2-6-22-13/h1,4-5,9-10,13H,2-3,6-8,11H2,(H,19,21)/t13-/m0/s1. The van der Waals surface area contributed by atoms with Crippen molar-refractivity contribution in [2.45, 2.75) is 25.5 Å². The predicted molar refractivity (Wildman–Crippen MR) is 86.6 cm³/mol. The molecule has 0 spiro atoms. The Morgan fingerprint density at radius 1 is 1.29 bits per heavy atom. The van der Waals surface area contributed by atoms with E-state index in [-0.39, 0.29) is 12.0 Å². The number of hydrogen-bond donors (Lipinski definition) is 1. The van der Waals surface area contributed by atoms with Crippen LogP contribution in [0.4, 0.5) is 5.69 Å². The quantitative estimate of drug-likeness (QED) is 0.929. The Morgan fingerprint density at radius 3 is 3.08 bits per heavy atom. The van der Waals surface area contributed by atoms with Gasteiger partial charge in [-0.3, -0.25) is 9.48 Å². The van der Waals surface area contributed by atoms with Crippen molar-refractivity contribution in [3.05, 3.63) is 36.2 Å². The first kappa shape index (κ1) is 15.0. The third-order valence-corrected chi connectivity index (χ3v) is 4.12. The Morgan fingerprint density at radius 2 is 2.21 bits per heavy atom. The molecule has 1 aromatic heterocycles. The lowest BCUT2D eigenvalue weighted by Crippen LogP contribution is -2.20. The van der Waals surface area contributed by atoms with Gasteiger partial charge in [-0.2, -0.15) is 5.10 Å². The number of para-hydroxylation sites is 1. The maximum absolute atomic E-state index is 12.5. The summed E-state index contributed by atoms with van der Waals surface area (Å²) >= 11 is 0. The molecule has 0 radical (unpaired) electrons. The number of nitrogens with zero attached hydrogens (tertiary/aromatic N) is 2. The number of ether oxygens (including phenoxy) is 3. The van der Waals surface area contributed by atoms with Gasteiger partial charge in [-0.15, -0.1) is 0 Å². The van der Waals surface area contributed by atoms with Crippen LogP contribution < -0.4 is 14.8 Å². The molecule has 126 valence electrons. The molecule has 0 bridgehead atoms. The molecule has 1 amide bonds. The van der Waals surface area contributed by atoms with Crippen LogP contribution in [0.25, 0.3) is 0 Å². The van der Waals surface area contributed by atoms with Crippen LogP contribution in [0.2, 0.25) is 0 Å². The van der Waals surface area contributed by atoms with E-state index in [4.69, 9.17) is 14.2 Å². The van der Waals surface area contributed by atoms with Gasteiger partial charge in [0.25, 0.3) is 5.91 Å². The molecule has 24 heavy (non-hydrogen) atoms. The first-order valence-corrected chi connectivity index (χ1v) is 8.13. The van der Waals surface area contributed by atoms with E-state index in [1.54, 1.807) is 29.1 Å².